The second kappa shape index (κ2) is 2.67. The SMILES string of the molecule is CC(=O)C1C2CCC1C1C3CCC(C3)C21. The summed E-state index contributed by atoms with van der Waals surface area (Å²) in [5.74, 6) is 6.64. The van der Waals surface area contributed by atoms with Gasteiger partial charge < -0.3 is 0 Å². The summed E-state index contributed by atoms with van der Waals surface area (Å²) < 4.78 is 0. The van der Waals surface area contributed by atoms with E-state index in [9.17, 15) is 4.79 Å². The highest BCUT2D eigenvalue weighted by Gasteiger charge is 2.64. The van der Waals surface area contributed by atoms with Gasteiger partial charge in [0.1, 0.15) is 5.78 Å². The molecule has 4 fully saturated rings. The topological polar surface area (TPSA) is 17.1 Å². The number of fused-ring (bicyclic) bond motifs is 9. The molecule has 1 nitrogen and oxygen atoms in total. The van der Waals surface area contributed by atoms with E-state index in [4.69, 9.17) is 0 Å². The van der Waals surface area contributed by atoms with Crippen molar-refractivity contribution in [3.63, 3.8) is 0 Å². The molecule has 0 aromatic carbocycles. The van der Waals surface area contributed by atoms with Crippen LogP contribution in [0.25, 0.3) is 0 Å². The summed E-state index contributed by atoms with van der Waals surface area (Å²) in [5, 5.41) is 0. The lowest BCUT2D eigenvalue weighted by molar-refractivity contribution is -0.122. The van der Waals surface area contributed by atoms with Gasteiger partial charge in [-0.1, -0.05) is 0 Å². The molecular weight excluding hydrogens is 184 g/mol. The van der Waals surface area contributed by atoms with Crippen LogP contribution in [0.4, 0.5) is 0 Å². The molecule has 0 heterocycles. The van der Waals surface area contributed by atoms with Gasteiger partial charge in [0.2, 0.25) is 0 Å². The minimum atomic E-state index is 0.489. The average Bonchev–Trinajstić information content (AvgIpc) is 2.95. The van der Waals surface area contributed by atoms with Crippen LogP contribution in [0.15, 0.2) is 0 Å². The molecule has 0 aliphatic heterocycles. The molecule has 15 heavy (non-hydrogen) atoms. The highest BCUT2D eigenvalue weighted by molar-refractivity contribution is 5.80. The molecule has 6 atom stereocenters. The van der Waals surface area contributed by atoms with Crippen molar-refractivity contribution in [3.05, 3.63) is 0 Å². The van der Waals surface area contributed by atoms with Gasteiger partial charge in [-0.05, 0) is 74.5 Å². The van der Waals surface area contributed by atoms with Gasteiger partial charge in [0.25, 0.3) is 0 Å². The van der Waals surface area contributed by atoms with E-state index in [-0.39, 0.29) is 0 Å². The number of carbonyl (C=O) groups excluding carboxylic acids is 1. The molecule has 4 aliphatic carbocycles. The maximum atomic E-state index is 11.8. The first-order chi connectivity index (χ1) is 7.27. The molecule has 0 saturated heterocycles. The van der Waals surface area contributed by atoms with E-state index >= 15 is 0 Å². The summed E-state index contributed by atoms with van der Waals surface area (Å²) in [6.07, 6.45) is 7.24. The summed E-state index contributed by atoms with van der Waals surface area (Å²) in [4.78, 5) is 11.8. The summed E-state index contributed by atoms with van der Waals surface area (Å²) >= 11 is 0. The van der Waals surface area contributed by atoms with E-state index in [1.165, 1.54) is 32.1 Å². The molecule has 1 heteroatoms. The molecule has 0 N–H and O–H groups in total. The van der Waals surface area contributed by atoms with Crippen LogP contribution in [0.3, 0.4) is 0 Å². The quantitative estimate of drug-likeness (QED) is 0.600. The molecule has 0 aromatic heterocycles. The van der Waals surface area contributed by atoms with Crippen molar-refractivity contribution >= 4 is 5.78 Å². The predicted molar refractivity (Wildman–Crippen MR) is 58.2 cm³/mol. The number of hydrogen-bond acceptors (Lipinski definition) is 1. The molecule has 4 bridgehead atoms. The highest BCUT2D eigenvalue weighted by Crippen LogP contribution is 2.69. The summed E-state index contributed by atoms with van der Waals surface area (Å²) in [6.45, 7) is 1.85. The molecule has 4 saturated carbocycles. The molecular formula is C14H20O. The third-order valence-corrected chi connectivity index (χ3v) is 6.26. The van der Waals surface area contributed by atoms with Gasteiger partial charge in [0.05, 0.1) is 0 Å². The zero-order valence-electron chi connectivity index (χ0n) is 9.49. The first-order valence-corrected chi connectivity index (χ1v) is 6.78. The average molecular weight is 204 g/mol. The van der Waals surface area contributed by atoms with Crippen molar-refractivity contribution in [2.45, 2.75) is 39.0 Å². The zero-order chi connectivity index (χ0) is 10.2. The van der Waals surface area contributed by atoms with Gasteiger partial charge in [-0.3, -0.25) is 4.79 Å². The van der Waals surface area contributed by atoms with E-state index < -0.39 is 0 Å². The number of carbonyl (C=O) groups is 1. The van der Waals surface area contributed by atoms with E-state index in [1.807, 2.05) is 6.92 Å². The number of hydrogen-bond donors (Lipinski definition) is 0. The summed E-state index contributed by atoms with van der Waals surface area (Å²) in [7, 11) is 0. The molecule has 6 unspecified atom stereocenters. The summed E-state index contributed by atoms with van der Waals surface area (Å²) in [5.41, 5.74) is 0. The largest absolute Gasteiger partial charge is 0.300 e. The Morgan fingerprint density at radius 2 is 1.47 bits per heavy atom. The first-order valence-electron chi connectivity index (χ1n) is 6.78. The van der Waals surface area contributed by atoms with Gasteiger partial charge in [-0.25, -0.2) is 0 Å². The van der Waals surface area contributed by atoms with Crippen molar-refractivity contribution in [1.29, 1.82) is 0 Å². The van der Waals surface area contributed by atoms with E-state index in [0.29, 0.717) is 11.7 Å². The Labute approximate surface area is 91.6 Å². The molecule has 0 amide bonds. The Balaban J connectivity index is 1.74. The van der Waals surface area contributed by atoms with Crippen molar-refractivity contribution in [2.24, 2.45) is 41.4 Å². The van der Waals surface area contributed by atoms with Crippen LogP contribution in [-0.4, -0.2) is 5.78 Å². The van der Waals surface area contributed by atoms with Crippen LogP contribution in [0.2, 0.25) is 0 Å². The van der Waals surface area contributed by atoms with E-state index in [2.05, 4.69) is 0 Å². The Hall–Kier alpha value is -0.330. The maximum Gasteiger partial charge on any atom is 0.133 e. The van der Waals surface area contributed by atoms with Crippen LogP contribution in [0.1, 0.15) is 39.0 Å². The highest BCUT2D eigenvalue weighted by atomic mass is 16.1. The Morgan fingerprint density at radius 3 is 1.93 bits per heavy atom. The lowest BCUT2D eigenvalue weighted by atomic mass is 9.71. The van der Waals surface area contributed by atoms with Crippen LogP contribution in [-0.2, 0) is 4.79 Å². The van der Waals surface area contributed by atoms with Gasteiger partial charge in [0.15, 0.2) is 0 Å². The lowest BCUT2D eigenvalue weighted by Gasteiger charge is -2.34. The Kier molecular flexibility index (Phi) is 1.56. The van der Waals surface area contributed by atoms with Crippen LogP contribution < -0.4 is 0 Å². The third-order valence-electron chi connectivity index (χ3n) is 6.26. The minimum absolute atomic E-state index is 0.489. The van der Waals surface area contributed by atoms with Gasteiger partial charge in [0, 0.05) is 5.92 Å². The zero-order valence-corrected chi connectivity index (χ0v) is 9.49. The first kappa shape index (κ1) is 8.78. The number of ketones is 1. The van der Waals surface area contributed by atoms with E-state index in [0.717, 1.165) is 35.5 Å². The minimum Gasteiger partial charge on any atom is -0.300 e. The van der Waals surface area contributed by atoms with Crippen LogP contribution >= 0.6 is 0 Å². The number of rotatable bonds is 1. The number of Topliss-reactive ketones (excluding diaryl/α,β-unsaturated/α-hetero) is 1. The monoisotopic (exact) mass is 204 g/mol. The Morgan fingerprint density at radius 1 is 0.933 bits per heavy atom. The third kappa shape index (κ3) is 0.893. The van der Waals surface area contributed by atoms with Crippen molar-refractivity contribution < 1.29 is 4.79 Å². The fourth-order valence-corrected chi connectivity index (χ4v) is 6.18. The van der Waals surface area contributed by atoms with E-state index in [1.54, 1.807) is 0 Å². The Bertz CT molecular complexity index is 297. The van der Waals surface area contributed by atoms with Crippen molar-refractivity contribution in [2.75, 3.05) is 0 Å². The normalized spacial score (nSPS) is 59.9. The fraction of sp³-hybridized carbons (Fsp3) is 0.929. The van der Waals surface area contributed by atoms with Crippen LogP contribution in [0, 0.1) is 41.4 Å². The van der Waals surface area contributed by atoms with Gasteiger partial charge >= 0.3 is 0 Å². The lowest BCUT2D eigenvalue weighted by Crippen LogP contribution is -2.27. The molecule has 0 aromatic rings. The standard InChI is InChI=1S/C14H20O/c1-7(15)12-10-4-5-11(12)14-9-3-2-8(6-9)13(10)14/h8-14H,2-6H2,1H3. The molecule has 4 rings (SSSR count). The second-order valence-corrected chi connectivity index (χ2v) is 6.53. The maximum absolute atomic E-state index is 11.8. The second-order valence-electron chi connectivity index (χ2n) is 6.53. The van der Waals surface area contributed by atoms with Crippen LogP contribution in [0.5, 0.6) is 0 Å². The molecule has 4 aliphatic rings. The van der Waals surface area contributed by atoms with Gasteiger partial charge in [-0.15, -0.1) is 0 Å². The van der Waals surface area contributed by atoms with Crippen molar-refractivity contribution in [3.8, 4) is 0 Å². The molecule has 0 radical (unpaired) electrons. The molecule has 0 spiro atoms. The summed E-state index contributed by atoms with van der Waals surface area (Å²) in [6, 6.07) is 0. The fourth-order valence-electron chi connectivity index (χ4n) is 6.18. The predicted octanol–water partition coefficient (Wildman–Crippen LogP) is 2.89. The van der Waals surface area contributed by atoms with Crippen molar-refractivity contribution in [1.82, 2.24) is 0 Å². The smallest absolute Gasteiger partial charge is 0.133 e. The molecule has 82 valence electrons. The van der Waals surface area contributed by atoms with Gasteiger partial charge in [-0.2, -0.15) is 0 Å².